The Hall–Kier alpha value is -1.76. The van der Waals surface area contributed by atoms with E-state index < -0.39 is 33.9 Å². The predicted octanol–water partition coefficient (Wildman–Crippen LogP) is 2.95. The Bertz CT molecular complexity index is 527. The van der Waals surface area contributed by atoms with Crippen LogP contribution in [-0.4, -0.2) is 36.4 Å². The van der Waals surface area contributed by atoms with Gasteiger partial charge in [0.1, 0.15) is 0 Å². The highest BCUT2D eigenvalue weighted by Crippen LogP contribution is 2.35. The van der Waals surface area contributed by atoms with E-state index in [1.54, 1.807) is 0 Å². The quantitative estimate of drug-likeness (QED) is 0.689. The number of carboxylic acids is 1. The molecule has 0 aromatic heterocycles. The first-order valence-electron chi connectivity index (χ1n) is 4.99. The van der Waals surface area contributed by atoms with Crippen molar-refractivity contribution >= 4 is 23.8 Å². The summed E-state index contributed by atoms with van der Waals surface area (Å²) >= 11 is 5.71. The highest BCUT2D eigenvalue weighted by molar-refractivity contribution is 6.36. The number of halogens is 4. The summed E-state index contributed by atoms with van der Waals surface area (Å²) in [6.45, 7) is 0. The van der Waals surface area contributed by atoms with Crippen LogP contribution in [-0.2, 0) is 6.18 Å². The lowest BCUT2D eigenvalue weighted by atomic mass is 10.0. The van der Waals surface area contributed by atoms with Gasteiger partial charge in [-0.1, -0.05) is 11.6 Å². The number of aromatic carboxylic acids is 1. The van der Waals surface area contributed by atoms with Gasteiger partial charge >= 0.3 is 12.1 Å². The standard InChI is InChI=1S/C11H10ClF3N2O2/c1-17(2)16-5-7-8(11(13,14)15)4-3-6(9(7)12)10(18)19/h3-5H,1-2H3,(H,18,19). The van der Waals surface area contributed by atoms with Gasteiger partial charge in [0, 0.05) is 19.7 Å². The Balaban J connectivity index is 3.51. The van der Waals surface area contributed by atoms with Gasteiger partial charge in [0.25, 0.3) is 0 Å². The van der Waals surface area contributed by atoms with Crippen LogP contribution in [0.3, 0.4) is 0 Å². The largest absolute Gasteiger partial charge is 0.478 e. The monoisotopic (exact) mass is 294 g/mol. The number of rotatable bonds is 3. The fourth-order valence-corrected chi connectivity index (χ4v) is 1.60. The van der Waals surface area contributed by atoms with E-state index in [4.69, 9.17) is 16.7 Å². The number of hydrogen-bond acceptors (Lipinski definition) is 3. The number of alkyl halides is 3. The fourth-order valence-electron chi connectivity index (χ4n) is 1.30. The topological polar surface area (TPSA) is 52.9 Å². The molecular formula is C11H10ClF3N2O2. The molecule has 0 amide bonds. The van der Waals surface area contributed by atoms with Gasteiger partial charge in [0.2, 0.25) is 0 Å². The first-order valence-corrected chi connectivity index (χ1v) is 5.36. The van der Waals surface area contributed by atoms with Gasteiger partial charge in [-0.3, -0.25) is 0 Å². The summed E-state index contributed by atoms with van der Waals surface area (Å²) in [5.74, 6) is -1.40. The van der Waals surface area contributed by atoms with E-state index in [9.17, 15) is 18.0 Å². The zero-order valence-corrected chi connectivity index (χ0v) is 10.7. The molecule has 0 aliphatic rings. The highest BCUT2D eigenvalue weighted by Gasteiger charge is 2.35. The smallest absolute Gasteiger partial charge is 0.417 e. The maximum absolute atomic E-state index is 12.8. The molecule has 0 unspecified atom stereocenters. The van der Waals surface area contributed by atoms with Crippen LogP contribution in [0.4, 0.5) is 13.2 Å². The van der Waals surface area contributed by atoms with E-state index in [0.717, 1.165) is 12.3 Å². The van der Waals surface area contributed by atoms with E-state index in [2.05, 4.69) is 5.10 Å². The lowest BCUT2D eigenvalue weighted by Gasteiger charge is -2.13. The summed E-state index contributed by atoms with van der Waals surface area (Å²) in [5, 5.41) is 13.3. The number of hydrogen-bond donors (Lipinski definition) is 1. The molecule has 1 N–H and O–H groups in total. The molecule has 0 radical (unpaired) electrons. The maximum Gasteiger partial charge on any atom is 0.417 e. The molecule has 0 saturated heterocycles. The molecule has 8 heteroatoms. The Morgan fingerprint density at radius 2 is 2.00 bits per heavy atom. The number of benzene rings is 1. The summed E-state index contributed by atoms with van der Waals surface area (Å²) in [7, 11) is 3.03. The van der Waals surface area contributed by atoms with Crippen molar-refractivity contribution < 1.29 is 23.1 Å². The summed E-state index contributed by atoms with van der Waals surface area (Å²) in [5.41, 5.74) is -1.91. The lowest BCUT2D eigenvalue weighted by molar-refractivity contribution is -0.137. The Morgan fingerprint density at radius 3 is 2.42 bits per heavy atom. The van der Waals surface area contributed by atoms with Crippen molar-refractivity contribution in [3.8, 4) is 0 Å². The first-order chi connectivity index (χ1) is 8.64. The second-order valence-electron chi connectivity index (χ2n) is 3.78. The van der Waals surface area contributed by atoms with Gasteiger partial charge in [-0.25, -0.2) is 4.79 Å². The second kappa shape index (κ2) is 5.48. The molecule has 0 heterocycles. The fraction of sp³-hybridized carbons (Fsp3) is 0.273. The minimum absolute atomic E-state index is 0.408. The van der Waals surface area contributed by atoms with Crippen molar-refractivity contribution in [3.63, 3.8) is 0 Å². The zero-order valence-electron chi connectivity index (χ0n) is 9.99. The van der Waals surface area contributed by atoms with Crippen LogP contribution in [0.15, 0.2) is 17.2 Å². The molecule has 0 bridgehead atoms. The second-order valence-corrected chi connectivity index (χ2v) is 4.16. The van der Waals surface area contributed by atoms with E-state index in [1.807, 2.05) is 0 Å². The third-order valence-electron chi connectivity index (χ3n) is 2.13. The lowest BCUT2D eigenvalue weighted by Crippen LogP contribution is -2.13. The van der Waals surface area contributed by atoms with Crippen LogP contribution >= 0.6 is 11.6 Å². The molecule has 1 aromatic carbocycles. The van der Waals surface area contributed by atoms with Crippen LogP contribution in [0.5, 0.6) is 0 Å². The number of nitrogens with zero attached hydrogens (tertiary/aromatic N) is 2. The molecular weight excluding hydrogens is 285 g/mol. The van der Waals surface area contributed by atoms with Gasteiger partial charge in [0.05, 0.1) is 22.4 Å². The predicted molar refractivity (Wildman–Crippen MR) is 64.7 cm³/mol. The number of carbonyl (C=O) groups is 1. The van der Waals surface area contributed by atoms with E-state index in [-0.39, 0.29) is 0 Å². The number of carboxylic acid groups (broad SMARTS) is 1. The van der Waals surface area contributed by atoms with Crippen molar-refractivity contribution in [3.05, 3.63) is 33.8 Å². The molecule has 0 aliphatic heterocycles. The minimum atomic E-state index is -4.64. The summed E-state index contributed by atoms with van der Waals surface area (Å²) in [6, 6.07) is 1.49. The molecule has 0 spiro atoms. The third kappa shape index (κ3) is 3.60. The van der Waals surface area contributed by atoms with Gasteiger partial charge < -0.3 is 10.1 Å². The van der Waals surface area contributed by atoms with Crippen LogP contribution in [0, 0.1) is 0 Å². The van der Waals surface area contributed by atoms with Crippen molar-refractivity contribution in [2.75, 3.05) is 14.1 Å². The summed E-state index contributed by atoms with van der Waals surface area (Å²) in [4.78, 5) is 10.9. The van der Waals surface area contributed by atoms with E-state index >= 15 is 0 Å². The maximum atomic E-state index is 12.8. The molecule has 0 fully saturated rings. The Morgan fingerprint density at radius 1 is 1.42 bits per heavy atom. The molecule has 1 rings (SSSR count). The minimum Gasteiger partial charge on any atom is -0.478 e. The van der Waals surface area contributed by atoms with Gasteiger partial charge in [0.15, 0.2) is 0 Å². The van der Waals surface area contributed by atoms with Crippen molar-refractivity contribution in [1.29, 1.82) is 0 Å². The molecule has 0 atom stereocenters. The van der Waals surface area contributed by atoms with Gasteiger partial charge in [-0.05, 0) is 12.1 Å². The van der Waals surface area contributed by atoms with Crippen molar-refractivity contribution in [2.45, 2.75) is 6.18 Å². The normalized spacial score (nSPS) is 11.9. The van der Waals surface area contributed by atoms with E-state index in [0.29, 0.717) is 6.07 Å². The molecule has 104 valence electrons. The summed E-state index contributed by atoms with van der Waals surface area (Å²) in [6.07, 6.45) is -3.76. The van der Waals surface area contributed by atoms with Crippen molar-refractivity contribution in [1.82, 2.24) is 5.01 Å². The van der Waals surface area contributed by atoms with E-state index in [1.165, 1.54) is 19.1 Å². The van der Waals surface area contributed by atoms with Crippen LogP contribution in [0.1, 0.15) is 21.5 Å². The average molecular weight is 295 g/mol. The molecule has 1 aromatic rings. The molecule has 0 aliphatic carbocycles. The third-order valence-corrected chi connectivity index (χ3v) is 2.54. The van der Waals surface area contributed by atoms with Crippen LogP contribution in [0.2, 0.25) is 5.02 Å². The van der Waals surface area contributed by atoms with Crippen LogP contribution in [0.25, 0.3) is 0 Å². The van der Waals surface area contributed by atoms with Crippen molar-refractivity contribution in [2.24, 2.45) is 5.10 Å². The Kier molecular flexibility index (Phi) is 4.41. The molecule has 19 heavy (non-hydrogen) atoms. The Labute approximate surface area is 112 Å². The van der Waals surface area contributed by atoms with Crippen LogP contribution < -0.4 is 0 Å². The van der Waals surface area contributed by atoms with Gasteiger partial charge in [-0.15, -0.1) is 0 Å². The SMILES string of the molecule is CN(C)N=Cc1c(C(F)(F)F)ccc(C(=O)O)c1Cl. The zero-order chi connectivity index (χ0) is 14.8. The van der Waals surface area contributed by atoms with Gasteiger partial charge in [-0.2, -0.15) is 18.3 Å². The highest BCUT2D eigenvalue weighted by atomic mass is 35.5. The number of hydrazone groups is 1. The average Bonchev–Trinajstić information content (AvgIpc) is 2.24. The summed E-state index contributed by atoms with van der Waals surface area (Å²) < 4.78 is 38.4. The molecule has 4 nitrogen and oxygen atoms in total. The first kappa shape index (κ1) is 15.3. The molecule has 0 saturated carbocycles.